The molecule has 1 N–H and O–H groups in total. The van der Waals surface area contributed by atoms with Crippen molar-refractivity contribution in [2.24, 2.45) is 0 Å². The second-order valence-corrected chi connectivity index (χ2v) is 8.16. The van der Waals surface area contributed by atoms with Gasteiger partial charge in [0.1, 0.15) is 24.3 Å². The Bertz CT molecular complexity index is 1240. The number of rotatable bonds is 10. The smallest absolute Gasteiger partial charge is 0.273 e. The van der Waals surface area contributed by atoms with Crippen LogP contribution in [0, 0.1) is 6.92 Å². The molecule has 0 bridgehead atoms. The van der Waals surface area contributed by atoms with Crippen LogP contribution in [0.1, 0.15) is 52.1 Å². The van der Waals surface area contributed by atoms with Crippen molar-refractivity contribution in [2.45, 2.75) is 33.2 Å². The molecule has 182 valence electrons. The first-order valence-electron chi connectivity index (χ1n) is 11.5. The molecule has 0 spiro atoms. The summed E-state index contributed by atoms with van der Waals surface area (Å²) in [7, 11) is 0. The zero-order valence-corrected chi connectivity index (χ0v) is 19.7. The first-order chi connectivity index (χ1) is 17.0. The number of carbonyl (C=O) groups is 3. The van der Waals surface area contributed by atoms with Crippen molar-refractivity contribution in [3.63, 3.8) is 0 Å². The SMILES string of the molecule is CCCCNC(=O)c1coc(CN2C(=O)COc3ccc(C(=O)COc4ccccc4C)cc32)n1. The second kappa shape index (κ2) is 10.9. The van der Waals surface area contributed by atoms with Crippen LogP contribution in [-0.2, 0) is 11.3 Å². The number of anilines is 1. The summed E-state index contributed by atoms with van der Waals surface area (Å²) >= 11 is 0. The number of ether oxygens (including phenoxy) is 2. The quantitative estimate of drug-likeness (QED) is 0.350. The van der Waals surface area contributed by atoms with E-state index in [0.29, 0.717) is 29.3 Å². The number of oxazole rings is 1. The number of aryl methyl sites for hydroxylation is 1. The molecule has 0 unspecified atom stereocenters. The molecule has 2 amide bonds. The number of benzene rings is 2. The number of hydrogen-bond donors (Lipinski definition) is 1. The number of carbonyl (C=O) groups excluding carboxylic acids is 3. The van der Waals surface area contributed by atoms with E-state index in [1.54, 1.807) is 24.3 Å². The van der Waals surface area contributed by atoms with Crippen LogP contribution in [0.2, 0.25) is 0 Å². The van der Waals surface area contributed by atoms with Crippen molar-refractivity contribution in [1.82, 2.24) is 10.3 Å². The van der Waals surface area contributed by atoms with Gasteiger partial charge in [-0.2, -0.15) is 0 Å². The lowest BCUT2D eigenvalue weighted by atomic mass is 10.1. The van der Waals surface area contributed by atoms with Crippen LogP contribution in [0.3, 0.4) is 0 Å². The fourth-order valence-electron chi connectivity index (χ4n) is 3.59. The summed E-state index contributed by atoms with van der Waals surface area (Å²) in [5.74, 6) is 0.416. The number of fused-ring (bicyclic) bond motifs is 1. The summed E-state index contributed by atoms with van der Waals surface area (Å²) in [6.07, 6.45) is 3.10. The Balaban J connectivity index is 1.48. The number of ketones is 1. The molecule has 1 aromatic heterocycles. The lowest BCUT2D eigenvalue weighted by Crippen LogP contribution is -2.38. The summed E-state index contributed by atoms with van der Waals surface area (Å²) in [5.41, 5.74) is 1.88. The number of nitrogens with one attached hydrogen (secondary N) is 1. The number of hydrogen-bond acceptors (Lipinski definition) is 7. The molecule has 0 saturated carbocycles. The van der Waals surface area contributed by atoms with Crippen LogP contribution >= 0.6 is 0 Å². The van der Waals surface area contributed by atoms with Gasteiger partial charge in [0, 0.05) is 12.1 Å². The minimum atomic E-state index is -0.330. The third-order valence-corrected chi connectivity index (χ3v) is 5.57. The van der Waals surface area contributed by atoms with Gasteiger partial charge in [0.05, 0.1) is 5.69 Å². The molecule has 9 nitrogen and oxygen atoms in total. The Labute approximate surface area is 203 Å². The highest BCUT2D eigenvalue weighted by atomic mass is 16.5. The van der Waals surface area contributed by atoms with Gasteiger partial charge in [-0.05, 0) is 43.2 Å². The van der Waals surface area contributed by atoms with E-state index in [1.165, 1.54) is 11.2 Å². The van der Waals surface area contributed by atoms with Gasteiger partial charge in [-0.3, -0.25) is 19.3 Å². The van der Waals surface area contributed by atoms with Crippen molar-refractivity contribution in [1.29, 1.82) is 0 Å². The maximum absolute atomic E-state index is 12.8. The molecular formula is C26H27N3O6. The molecule has 0 fully saturated rings. The first-order valence-corrected chi connectivity index (χ1v) is 11.5. The van der Waals surface area contributed by atoms with E-state index >= 15 is 0 Å². The van der Waals surface area contributed by atoms with Crippen molar-refractivity contribution >= 4 is 23.3 Å². The van der Waals surface area contributed by atoms with E-state index in [4.69, 9.17) is 13.9 Å². The van der Waals surface area contributed by atoms with Crippen molar-refractivity contribution in [3.8, 4) is 11.5 Å². The Morgan fingerprint density at radius 1 is 1.20 bits per heavy atom. The monoisotopic (exact) mass is 477 g/mol. The maximum atomic E-state index is 12.8. The lowest BCUT2D eigenvalue weighted by molar-refractivity contribution is -0.121. The normalized spacial score (nSPS) is 12.6. The number of amides is 2. The van der Waals surface area contributed by atoms with Gasteiger partial charge in [0.15, 0.2) is 24.7 Å². The molecule has 2 heterocycles. The number of aromatic nitrogens is 1. The largest absolute Gasteiger partial charge is 0.485 e. The van der Waals surface area contributed by atoms with Gasteiger partial charge in [-0.15, -0.1) is 0 Å². The Hall–Kier alpha value is -4.14. The van der Waals surface area contributed by atoms with Crippen LogP contribution in [0.4, 0.5) is 5.69 Å². The van der Waals surface area contributed by atoms with E-state index in [0.717, 1.165) is 18.4 Å². The van der Waals surface area contributed by atoms with E-state index in [-0.39, 0.29) is 48.9 Å². The van der Waals surface area contributed by atoms with Crippen molar-refractivity contribution in [2.75, 3.05) is 24.7 Å². The van der Waals surface area contributed by atoms with Crippen molar-refractivity contribution < 1.29 is 28.3 Å². The molecule has 1 aliphatic rings. The molecule has 0 atom stereocenters. The number of nitrogens with zero attached hydrogens (tertiary/aromatic N) is 2. The van der Waals surface area contributed by atoms with Gasteiger partial charge in [0.25, 0.3) is 11.8 Å². The molecule has 1 aliphatic heterocycles. The summed E-state index contributed by atoms with van der Waals surface area (Å²) in [6, 6.07) is 12.3. The molecule has 0 saturated heterocycles. The molecular weight excluding hydrogens is 450 g/mol. The minimum Gasteiger partial charge on any atom is -0.485 e. The zero-order chi connectivity index (χ0) is 24.8. The molecule has 0 aliphatic carbocycles. The third kappa shape index (κ3) is 5.68. The van der Waals surface area contributed by atoms with E-state index < -0.39 is 0 Å². The average Bonchev–Trinajstić information content (AvgIpc) is 3.34. The molecule has 35 heavy (non-hydrogen) atoms. The zero-order valence-electron chi connectivity index (χ0n) is 19.7. The van der Waals surface area contributed by atoms with Crippen molar-refractivity contribution in [3.05, 3.63) is 71.4 Å². The van der Waals surface area contributed by atoms with Crippen LogP contribution in [-0.4, -0.2) is 42.3 Å². The van der Waals surface area contributed by atoms with E-state index in [1.807, 2.05) is 32.0 Å². The summed E-state index contributed by atoms with van der Waals surface area (Å²) in [4.78, 5) is 43.3. The third-order valence-electron chi connectivity index (χ3n) is 5.57. The highest BCUT2D eigenvalue weighted by Gasteiger charge is 2.28. The standard InChI is InChI=1S/C26H27N3O6/c1-3-4-11-27-26(32)19-14-35-24(28-19)13-29-20-12-18(9-10-23(20)34-16-25(29)31)21(30)15-33-22-8-6-5-7-17(22)2/h5-10,12,14H,3-4,11,13,15-16H2,1-2H3,(H,27,32). The molecule has 0 radical (unpaired) electrons. The van der Waals surface area contributed by atoms with Gasteiger partial charge in [-0.25, -0.2) is 4.98 Å². The average molecular weight is 478 g/mol. The summed E-state index contributed by atoms with van der Waals surface area (Å²) in [6.45, 7) is 4.19. The fourth-order valence-corrected chi connectivity index (χ4v) is 3.59. The number of unbranched alkanes of at least 4 members (excludes halogenated alkanes) is 1. The predicted octanol–water partition coefficient (Wildman–Crippen LogP) is 3.70. The minimum absolute atomic E-state index is 0.00517. The molecule has 3 aromatic rings. The van der Waals surface area contributed by atoms with Gasteiger partial charge in [0.2, 0.25) is 5.89 Å². The van der Waals surface area contributed by atoms with Crippen LogP contribution in [0.15, 0.2) is 53.1 Å². The fraction of sp³-hybridized carbons (Fsp3) is 0.308. The predicted molar refractivity (Wildman–Crippen MR) is 128 cm³/mol. The molecule has 9 heteroatoms. The number of para-hydroxylation sites is 1. The van der Waals surface area contributed by atoms with Crippen LogP contribution in [0.25, 0.3) is 0 Å². The lowest BCUT2D eigenvalue weighted by Gasteiger charge is -2.28. The summed E-state index contributed by atoms with van der Waals surface area (Å²) in [5, 5.41) is 2.78. The van der Waals surface area contributed by atoms with Crippen LogP contribution in [0.5, 0.6) is 11.5 Å². The van der Waals surface area contributed by atoms with Gasteiger partial charge < -0.3 is 19.2 Å². The maximum Gasteiger partial charge on any atom is 0.273 e. The van der Waals surface area contributed by atoms with Gasteiger partial charge in [-0.1, -0.05) is 31.5 Å². The summed E-state index contributed by atoms with van der Waals surface area (Å²) < 4.78 is 16.7. The Morgan fingerprint density at radius 3 is 2.83 bits per heavy atom. The number of Topliss-reactive ketones (excluding diaryl/α,β-unsaturated/α-hetero) is 1. The Kier molecular flexibility index (Phi) is 7.45. The molecule has 4 rings (SSSR count). The van der Waals surface area contributed by atoms with Crippen LogP contribution < -0.4 is 19.7 Å². The highest BCUT2D eigenvalue weighted by molar-refractivity contribution is 6.02. The van der Waals surface area contributed by atoms with Gasteiger partial charge >= 0.3 is 0 Å². The Morgan fingerprint density at radius 2 is 2.03 bits per heavy atom. The molecule has 2 aromatic carbocycles. The first kappa shape index (κ1) is 24.0. The topological polar surface area (TPSA) is 111 Å². The van der Waals surface area contributed by atoms with E-state index in [2.05, 4.69) is 10.3 Å². The second-order valence-electron chi connectivity index (χ2n) is 8.16. The van der Waals surface area contributed by atoms with E-state index in [9.17, 15) is 14.4 Å². The highest BCUT2D eigenvalue weighted by Crippen LogP contribution is 2.34.